The molecule has 0 aromatic rings. The van der Waals surface area contributed by atoms with Gasteiger partial charge in [0.1, 0.15) is 0 Å². The van der Waals surface area contributed by atoms with E-state index in [-0.39, 0.29) is 5.41 Å². The Bertz CT molecular complexity index is 313. The molecule has 0 N–H and O–H groups in total. The highest BCUT2D eigenvalue weighted by atomic mass is 16.1. The fourth-order valence-electron chi connectivity index (χ4n) is 3.36. The third kappa shape index (κ3) is 1.11. The van der Waals surface area contributed by atoms with E-state index in [1.54, 1.807) is 0 Å². The van der Waals surface area contributed by atoms with Crippen molar-refractivity contribution in [2.45, 2.75) is 47.0 Å². The molecule has 14 heavy (non-hydrogen) atoms. The average Bonchev–Trinajstić information content (AvgIpc) is 2.40. The van der Waals surface area contributed by atoms with Crippen LogP contribution >= 0.6 is 0 Å². The summed E-state index contributed by atoms with van der Waals surface area (Å²) >= 11 is 0. The molecule has 0 amide bonds. The smallest absolute Gasteiger partial charge is 0.164 e. The van der Waals surface area contributed by atoms with Gasteiger partial charge in [-0.15, -0.1) is 0 Å². The van der Waals surface area contributed by atoms with Gasteiger partial charge in [-0.25, -0.2) is 0 Å². The fraction of sp³-hybridized carbons (Fsp3) is 0.769. The van der Waals surface area contributed by atoms with E-state index in [4.69, 9.17) is 0 Å². The predicted molar refractivity (Wildman–Crippen MR) is 58.0 cm³/mol. The van der Waals surface area contributed by atoms with Crippen LogP contribution in [0.1, 0.15) is 47.0 Å². The van der Waals surface area contributed by atoms with Crippen LogP contribution in [-0.2, 0) is 4.79 Å². The van der Waals surface area contributed by atoms with Crippen LogP contribution in [-0.4, -0.2) is 5.78 Å². The van der Waals surface area contributed by atoms with Gasteiger partial charge in [0, 0.05) is 5.41 Å². The molecule has 0 aromatic heterocycles. The molecule has 1 heteroatoms. The molecule has 0 spiro atoms. The number of Topliss-reactive ketones (excluding diaryl/α,β-unsaturated/α-hetero) is 1. The van der Waals surface area contributed by atoms with Crippen molar-refractivity contribution >= 4 is 5.78 Å². The number of ketones is 1. The van der Waals surface area contributed by atoms with Crippen LogP contribution in [0, 0.1) is 16.7 Å². The first-order valence-corrected chi connectivity index (χ1v) is 5.64. The van der Waals surface area contributed by atoms with Crippen LogP contribution in [0.15, 0.2) is 11.6 Å². The SMILES string of the molecule is CC1=C[C@]2(C(C)C)CC[C@@](C)(C2)C1=O. The summed E-state index contributed by atoms with van der Waals surface area (Å²) in [6, 6.07) is 0. The molecule has 0 radical (unpaired) electrons. The maximum atomic E-state index is 12.0. The number of carbonyl (C=O) groups is 1. The number of fused-ring (bicyclic) bond motifs is 2. The molecule has 0 heterocycles. The first-order valence-electron chi connectivity index (χ1n) is 5.64. The van der Waals surface area contributed by atoms with E-state index in [9.17, 15) is 4.79 Å². The molecule has 1 fully saturated rings. The summed E-state index contributed by atoms with van der Waals surface area (Å²) in [6.07, 6.45) is 5.62. The minimum atomic E-state index is -0.0386. The standard InChI is InChI=1S/C13H20O/c1-9(2)13-6-5-12(4,8-13)11(14)10(3)7-13/h7,9H,5-6,8H2,1-4H3/t12-,13+/m0/s1. The Balaban J connectivity index is 2.47. The van der Waals surface area contributed by atoms with Crippen molar-refractivity contribution in [3.05, 3.63) is 11.6 Å². The Hall–Kier alpha value is -0.590. The van der Waals surface area contributed by atoms with E-state index in [0.717, 1.165) is 18.4 Å². The molecule has 2 rings (SSSR count). The number of allylic oxidation sites excluding steroid dienone is 2. The number of carbonyl (C=O) groups excluding carboxylic acids is 1. The lowest BCUT2D eigenvalue weighted by Crippen LogP contribution is -2.34. The van der Waals surface area contributed by atoms with Crippen molar-refractivity contribution < 1.29 is 4.79 Å². The van der Waals surface area contributed by atoms with Crippen molar-refractivity contribution in [2.24, 2.45) is 16.7 Å². The minimum Gasteiger partial charge on any atom is -0.294 e. The van der Waals surface area contributed by atoms with Crippen LogP contribution in [0.2, 0.25) is 0 Å². The molecule has 2 atom stereocenters. The molecule has 2 bridgehead atoms. The second-order valence-corrected chi connectivity index (χ2v) is 5.78. The van der Waals surface area contributed by atoms with E-state index < -0.39 is 0 Å². The molecule has 1 nitrogen and oxygen atoms in total. The lowest BCUT2D eigenvalue weighted by atomic mass is 9.66. The lowest BCUT2D eigenvalue weighted by Gasteiger charge is -2.37. The van der Waals surface area contributed by atoms with Crippen molar-refractivity contribution in [1.29, 1.82) is 0 Å². The van der Waals surface area contributed by atoms with E-state index in [1.807, 2.05) is 6.92 Å². The minimum absolute atomic E-state index is 0.0386. The summed E-state index contributed by atoms with van der Waals surface area (Å²) in [4.78, 5) is 12.0. The van der Waals surface area contributed by atoms with Gasteiger partial charge in [-0.3, -0.25) is 4.79 Å². The summed E-state index contributed by atoms with van der Waals surface area (Å²) in [5.41, 5.74) is 1.29. The lowest BCUT2D eigenvalue weighted by molar-refractivity contribution is -0.124. The predicted octanol–water partition coefficient (Wildman–Crippen LogP) is 3.35. The monoisotopic (exact) mass is 192 g/mol. The molecule has 0 unspecified atom stereocenters. The maximum absolute atomic E-state index is 12.0. The summed E-state index contributed by atoms with van der Waals surface area (Å²) in [5, 5.41) is 0. The summed E-state index contributed by atoms with van der Waals surface area (Å²) in [7, 11) is 0. The van der Waals surface area contributed by atoms with Gasteiger partial charge in [0.05, 0.1) is 0 Å². The van der Waals surface area contributed by atoms with E-state index in [2.05, 4.69) is 26.8 Å². The quantitative estimate of drug-likeness (QED) is 0.622. The molecule has 1 saturated carbocycles. The Morgan fingerprint density at radius 3 is 2.57 bits per heavy atom. The number of rotatable bonds is 1. The first-order chi connectivity index (χ1) is 6.40. The van der Waals surface area contributed by atoms with Crippen LogP contribution in [0.3, 0.4) is 0 Å². The molecule has 0 aromatic carbocycles. The molecular weight excluding hydrogens is 172 g/mol. The van der Waals surface area contributed by atoms with Crippen LogP contribution in [0.25, 0.3) is 0 Å². The van der Waals surface area contributed by atoms with Gasteiger partial charge < -0.3 is 0 Å². The van der Waals surface area contributed by atoms with Crippen LogP contribution < -0.4 is 0 Å². The Labute approximate surface area is 86.6 Å². The zero-order valence-corrected chi connectivity index (χ0v) is 9.68. The summed E-state index contributed by atoms with van der Waals surface area (Å²) in [5.74, 6) is 1.05. The average molecular weight is 192 g/mol. The number of hydrogen-bond acceptors (Lipinski definition) is 1. The number of hydrogen-bond donors (Lipinski definition) is 0. The molecular formula is C13H20O. The maximum Gasteiger partial charge on any atom is 0.164 e. The Morgan fingerprint density at radius 2 is 2.00 bits per heavy atom. The fourth-order valence-corrected chi connectivity index (χ4v) is 3.36. The second-order valence-electron chi connectivity index (χ2n) is 5.78. The highest BCUT2D eigenvalue weighted by Gasteiger charge is 2.53. The second kappa shape index (κ2) is 2.71. The van der Waals surface area contributed by atoms with Gasteiger partial charge in [-0.05, 0) is 43.1 Å². The molecule has 2 aliphatic carbocycles. The summed E-state index contributed by atoms with van der Waals surface area (Å²) in [6.45, 7) is 8.70. The van der Waals surface area contributed by atoms with Crippen LogP contribution in [0.4, 0.5) is 0 Å². The van der Waals surface area contributed by atoms with Crippen LogP contribution in [0.5, 0.6) is 0 Å². The highest BCUT2D eigenvalue weighted by Crippen LogP contribution is 2.58. The topological polar surface area (TPSA) is 17.1 Å². The van der Waals surface area contributed by atoms with Crippen molar-refractivity contribution in [3.8, 4) is 0 Å². The highest BCUT2D eigenvalue weighted by molar-refractivity contribution is 6.00. The zero-order valence-electron chi connectivity index (χ0n) is 9.68. The van der Waals surface area contributed by atoms with Gasteiger partial charge in [-0.1, -0.05) is 26.8 Å². The largest absolute Gasteiger partial charge is 0.294 e. The Kier molecular flexibility index (Phi) is 1.93. The summed E-state index contributed by atoms with van der Waals surface area (Å²) < 4.78 is 0. The van der Waals surface area contributed by atoms with Crippen molar-refractivity contribution in [2.75, 3.05) is 0 Å². The van der Waals surface area contributed by atoms with Gasteiger partial charge >= 0.3 is 0 Å². The molecule has 0 saturated heterocycles. The van der Waals surface area contributed by atoms with E-state index in [1.165, 1.54) is 6.42 Å². The van der Waals surface area contributed by atoms with E-state index >= 15 is 0 Å². The zero-order chi connectivity index (χ0) is 10.6. The van der Waals surface area contributed by atoms with Gasteiger partial charge in [0.2, 0.25) is 0 Å². The van der Waals surface area contributed by atoms with E-state index in [0.29, 0.717) is 17.1 Å². The van der Waals surface area contributed by atoms with Gasteiger partial charge in [0.25, 0.3) is 0 Å². The third-order valence-corrected chi connectivity index (χ3v) is 4.42. The van der Waals surface area contributed by atoms with Crippen molar-refractivity contribution in [3.63, 3.8) is 0 Å². The van der Waals surface area contributed by atoms with Gasteiger partial charge in [-0.2, -0.15) is 0 Å². The molecule has 78 valence electrons. The third-order valence-electron chi connectivity index (χ3n) is 4.42. The molecule has 2 aliphatic rings. The Morgan fingerprint density at radius 1 is 1.36 bits per heavy atom. The van der Waals surface area contributed by atoms with Gasteiger partial charge in [0.15, 0.2) is 5.78 Å². The van der Waals surface area contributed by atoms with Crippen molar-refractivity contribution in [1.82, 2.24) is 0 Å². The molecule has 0 aliphatic heterocycles. The first kappa shape index (κ1) is 9.95. The normalized spacial score (nSPS) is 41.8.